The Balaban J connectivity index is 1.40. The van der Waals surface area contributed by atoms with Crippen molar-refractivity contribution in [1.82, 2.24) is 14.9 Å². The van der Waals surface area contributed by atoms with Crippen LogP contribution in [0.5, 0.6) is 11.5 Å². The summed E-state index contributed by atoms with van der Waals surface area (Å²) in [5, 5.41) is 10.2. The third-order valence-electron chi connectivity index (χ3n) is 7.69. The van der Waals surface area contributed by atoms with E-state index in [0.29, 0.717) is 69.3 Å². The Morgan fingerprint density at radius 3 is 2.38 bits per heavy atom. The fraction of sp³-hybridized carbons (Fsp3) is 0.355. The molecule has 14 heteroatoms. The van der Waals surface area contributed by atoms with E-state index in [1.54, 1.807) is 6.07 Å². The first-order valence-corrected chi connectivity index (χ1v) is 15.4. The van der Waals surface area contributed by atoms with Gasteiger partial charge in [0.25, 0.3) is 0 Å². The minimum absolute atomic E-state index is 0.298. The monoisotopic (exact) mass is 653 g/mol. The largest absolute Gasteiger partial charge is 0.495 e. The summed E-state index contributed by atoms with van der Waals surface area (Å²) in [4.78, 5) is 32.7. The molecule has 1 amide bonds. The molecule has 0 spiro atoms. The van der Waals surface area contributed by atoms with E-state index in [1.165, 1.54) is 26.6 Å². The number of nitrogens with one attached hydrogen (secondary N) is 3. The van der Waals surface area contributed by atoms with Gasteiger partial charge in [-0.15, -0.1) is 0 Å². The van der Waals surface area contributed by atoms with Crippen LogP contribution in [-0.2, 0) is 4.79 Å². The maximum Gasteiger partial charge on any atom is 0.247 e. The first-order chi connectivity index (χ1) is 21.8. The summed E-state index contributed by atoms with van der Waals surface area (Å²) < 4.78 is 10.8. The van der Waals surface area contributed by atoms with Gasteiger partial charge in [0.1, 0.15) is 39.5 Å². The topological polar surface area (TPSA) is 119 Å². The number of hydrogen-bond donors (Lipinski definition) is 3. The molecule has 0 unspecified atom stereocenters. The Labute approximate surface area is 273 Å². The number of halogens is 2. The molecule has 1 fully saturated rings. The van der Waals surface area contributed by atoms with Gasteiger partial charge in [-0.2, -0.15) is 0 Å². The van der Waals surface area contributed by atoms with Crippen LogP contribution >= 0.6 is 23.2 Å². The van der Waals surface area contributed by atoms with Gasteiger partial charge in [-0.05, 0) is 37.2 Å². The van der Waals surface area contributed by atoms with Crippen LogP contribution in [0.15, 0.2) is 54.3 Å². The predicted octanol–water partition coefficient (Wildman–Crippen LogP) is 5.49. The lowest BCUT2D eigenvalue weighted by atomic mass is 10.2. The number of likely N-dealkylation sites (N-methyl/N-ethyl adjacent to an activating group) is 1. The first-order valence-electron chi connectivity index (χ1n) is 14.7. The van der Waals surface area contributed by atoms with Crippen LogP contribution < -0.4 is 35.2 Å². The predicted molar refractivity (Wildman–Crippen MR) is 182 cm³/mol. The lowest BCUT2D eigenvalue weighted by Crippen LogP contribution is -2.46. The molecular weight excluding hydrogens is 617 g/mol. The lowest BCUT2D eigenvalue weighted by Gasteiger charge is -2.35. The van der Waals surface area contributed by atoms with Crippen molar-refractivity contribution in [2.45, 2.75) is 13.3 Å². The molecule has 3 N–H and O–H groups in total. The Kier molecular flexibility index (Phi) is 10.5. The molecule has 3 heterocycles. The quantitative estimate of drug-likeness (QED) is 0.242. The van der Waals surface area contributed by atoms with Gasteiger partial charge in [-0.25, -0.2) is 9.97 Å². The van der Waals surface area contributed by atoms with Gasteiger partial charge >= 0.3 is 0 Å². The Morgan fingerprint density at radius 2 is 1.71 bits per heavy atom. The molecule has 0 atom stereocenters. The van der Waals surface area contributed by atoms with E-state index in [4.69, 9.17) is 37.7 Å². The Bertz CT molecular complexity index is 1550. The number of anilines is 6. The van der Waals surface area contributed by atoms with Gasteiger partial charge in [0.2, 0.25) is 11.9 Å². The highest BCUT2D eigenvalue weighted by molar-refractivity contribution is 6.42. The number of nitrogens with zero attached hydrogens (tertiary/aromatic N) is 6. The maximum absolute atomic E-state index is 12.4. The SMILES string of the molecule is C=CC(=O)Nc1cc(N2CCN(CC)CC2)ccc1Nc1cc(N2CCCN=C2Nc2c(Cl)c(OC)cc(OC)c2Cl)ncn1. The third kappa shape index (κ3) is 7.35. The van der Waals surface area contributed by atoms with Crippen LogP contribution in [-0.4, -0.2) is 86.8 Å². The van der Waals surface area contributed by atoms with E-state index in [2.05, 4.69) is 49.2 Å². The summed E-state index contributed by atoms with van der Waals surface area (Å²) >= 11 is 13.3. The molecule has 12 nitrogen and oxygen atoms in total. The number of carbonyl (C=O) groups is 1. The average molecular weight is 655 g/mol. The standard InChI is InChI=1S/C31H37Cl2N9O3/c1-5-27(43)38-22-16-20(41-14-12-40(6-2)13-15-41)8-9-21(22)37-25-18-26(36-19-35-25)42-11-7-10-34-31(42)39-30-28(32)23(44-3)17-24(45-4)29(30)33/h5,8-9,16-19H,1,6-7,10-15H2,2-4H3,(H,34,39)(H,38,43)(H,35,36,37). The molecule has 238 valence electrons. The molecule has 2 aromatic carbocycles. The number of aromatic nitrogens is 2. The minimum atomic E-state index is -0.305. The van der Waals surface area contributed by atoms with Crippen LogP contribution in [0.2, 0.25) is 10.0 Å². The number of methoxy groups -OCH3 is 2. The van der Waals surface area contributed by atoms with Gasteiger partial charge in [0.05, 0.1) is 31.3 Å². The van der Waals surface area contributed by atoms with Crippen molar-refractivity contribution in [2.24, 2.45) is 4.99 Å². The van der Waals surface area contributed by atoms with E-state index in [-0.39, 0.29) is 5.91 Å². The van der Waals surface area contributed by atoms with Crippen LogP contribution in [0, 0.1) is 0 Å². The highest BCUT2D eigenvalue weighted by Gasteiger charge is 2.24. The third-order valence-corrected chi connectivity index (χ3v) is 8.44. The average Bonchev–Trinajstić information content (AvgIpc) is 3.08. The van der Waals surface area contributed by atoms with Crippen molar-refractivity contribution in [3.63, 3.8) is 0 Å². The second-order valence-corrected chi connectivity index (χ2v) is 11.1. The van der Waals surface area contributed by atoms with Gasteiger partial charge in [0, 0.05) is 57.1 Å². The summed E-state index contributed by atoms with van der Waals surface area (Å²) in [6.07, 6.45) is 3.54. The van der Waals surface area contributed by atoms with Gasteiger partial charge in [-0.1, -0.05) is 36.7 Å². The molecule has 2 aliphatic rings. The van der Waals surface area contributed by atoms with Crippen molar-refractivity contribution in [3.05, 3.63) is 59.4 Å². The fourth-order valence-corrected chi connectivity index (χ4v) is 5.79. The van der Waals surface area contributed by atoms with E-state index < -0.39 is 0 Å². The van der Waals surface area contributed by atoms with Crippen molar-refractivity contribution in [2.75, 3.05) is 85.8 Å². The van der Waals surface area contributed by atoms with Crippen molar-refractivity contribution in [3.8, 4) is 11.5 Å². The number of piperazine rings is 1. The highest BCUT2D eigenvalue weighted by atomic mass is 35.5. The minimum Gasteiger partial charge on any atom is -0.495 e. The van der Waals surface area contributed by atoms with Crippen LogP contribution in [0.3, 0.4) is 0 Å². The zero-order chi connectivity index (χ0) is 31.9. The number of aliphatic imine (C=N–C) groups is 1. The van der Waals surface area contributed by atoms with Gasteiger partial charge < -0.3 is 35.2 Å². The van der Waals surface area contributed by atoms with Crippen LogP contribution in [0.25, 0.3) is 0 Å². The molecular formula is C31H37Cl2N9O3. The number of carbonyl (C=O) groups excluding carboxylic acids is 1. The van der Waals surface area contributed by atoms with E-state index in [1.807, 2.05) is 29.2 Å². The Hall–Kier alpha value is -4.26. The van der Waals surface area contributed by atoms with Crippen LogP contribution in [0.1, 0.15) is 13.3 Å². The number of hydrogen-bond acceptors (Lipinski definition) is 11. The number of amides is 1. The number of guanidine groups is 1. The smallest absolute Gasteiger partial charge is 0.247 e. The summed E-state index contributed by atoms with van der Waals surface area (Å²) in [6, 6.07) is 9.41. The summed E-state index contributed by atoms with van der Waals surface area (Å²) in [5.41, 5.74) is 2.74. The second-order valence-electron chi connectivity index (χ2n) is 10.4. The van der Waals surface area contributed by atoms with Crippen LogP contribution in [0.4, 0.5) is 34.4 Å². The maximum atomic E-state index is 12.4. The highest BCUT2D eigenvalue weighted by Crippen LogP contribution is 2.44. The molecule has 5 rings (SSSR count). The fourth-order valence-electron chi connectivity index (χ4n) is 5.19. The van der Waals surface area contributed by atoms with Gasteiger partial charge in [-0.3, -0.25) is 14.7 Å². The van der Waals surface area contributed by atoms with Crippen molar-refractivity contribution in [1.29, 1.82) is 0 Å². The molecule has 1 saturated heterocycles. The molecule has 45 heavy (non-hydrogen) atoms. The molecule has 0 aliphatic carbocycles. The second kappa shape index (κ2) is 14.7. The Morgan fingerprint density at radius 1 is 0.978 bits per heavy atom. The number of benzene rings is 2. The van der Waals surface area contributed by atoms with Crippen molar-refractivity contribution < 1.29 is 14.3 Å². The van der Waals surface area contributed by atoms with E-state index in [0.717, 1.165) is 44.8 Å². The molecule has 2 aliphatic heterocycles. The van der Waals surface area contributed by atoms with E-state index in [9.17, 15) is 4.79 Å². The summed E-state index contributed by atoms with van der Waals surface area (Å²) in [5.74, 6) is 2.15. The molecule has 0 bridgehead atoms. The molecule has 0 saturated carbocycles. The zero-order valence-corrected chi connectivity index (χ0v) is 27.1. The molecule has 0 radical (unpaired) electrons. The normalized spacial score (nSPS) is 15.3. The number of ether oxygens (including phenoxy) is 2. The van der Waals surface area contributed by atoms with Crippen molar-refractivity contribution >= 4 is 69.5 Å². The molecule has 1 aromatic heterocycles. The summed E-state index contributed by atoms with van der Waals surface area (Å²) in [7, 11) is 3.04. The lowest BCUT2D eigenvalue weighted by molar-refractivity contribution is -0.111. The molecule has 3 aromatic rings. The van der Waals surface area contributed by atoms with Gasteiger partial charge in [0.15, 0.2) is 0 Å². The van der Waals surface area contributed by atoms with E-state index >= 15 is 0 Å². The number of rotatable bonds is 10. The first kappa shape index (κ1) is 32.1. The summed E-state index contributed by atoms with van der Waals surface area (Å²) in [6.45, 7) is 11.9. The zero-order valence-electron chi connectivity index (χ0n) is 25.6.